The van der Waals surface area contributed by atoms with E-state index >= 15 is 0 Å². The van der Waals surface area contributed by atoms with Crippen molar-refractivity contribution in [3.8, 4) is 0 Å². The fourth-order valence-electron chi connectivity index (χ4n) is 3.05. The van der Waals surface area contributed by atoms with E-state index in [1.54, 1.807) is 0 Å². The van der Waals surface area contributed by atoms with Crippen molar-refractivity contribution in [1.82, 2.24) is 16.0 Å². The molecular formula is C21H38N6O8S. The fourth-order valence-corrected chi connectivity index (χ4v) is 3.52. The molecule has 0 rings (SSSR count). The molecule has 0 aromatic carbocycles. The number of carboxylic acids is 2. The van der Waals surface area contributed by atoms with Crippen LogP contribution in [0.15, 0.2) is 0 Å². The van der Waals surface area contributed by atoms with Gasteiger partial charge < -0.3 is 43.4 Å². The van der Waals surface area contributed by atoms with Crippen molar-refractivity contribution in [2.75, 3.05) is 18.6 Å². The van der Waals surface area contributed by atoms with Gasteiger partial charge in [-0.1, -0.05) is 6.42 Å². The summed E-state index contributed by atoms with van der Waals surface area (Å²) in [6.07, 6.45) is 2.30. The van der Waals surface area contributed by atoms with Crippen LogP contribution in [0, 0.1) is 0 Å². The van der Waals surface area contributed by atoms with Crippen LogP contribution in [0.3, 0.4) is 0 Å². The van der Waals surface area contributed by atoms with E-state index in [0.717, 1.165) is 0 Å². The SMILES string of the molecule is CSCCC(NC(=O)C(N)CCCCN)C(=O)NC(CCC(N)=O)C(=O)NC(CCC(=O)O)C(=O)O. The smallest absolute Gasteiger partial charge is 0.326 e. The van der Waals surface area contributed by atoms with Crippen LogP contribution in [-0.2, 0) is 28.8 Å². The molecule has 0 bridgehead atoms. The number of hydrogen-bond acceptors (Lipinski definition) is 9. The second-order valence-electron chi connectivity index (χ2n) is 8.13. The van der Waals surface area contributed by atoms with Gasteiger partial charge in [0.05, 0.1) is 6.04 Å². The minimum Gasteiger partial charge on any atom is -0.481 e. The highest BCUT2D eigenvalue weighted by molar-refractivity contribution is 7.98. The molecule has 11 N–H and O–H groups in total. The van der Waals surface area contributed by atoms with E-state index in [-0.39, 0.29) is 25.7 Å². The van der Waals surface area contributed by atoms with Crippen molar-refractivity contribution in [1.29, 1.82) is 0 Å². The Balaban J connectivity index is 5.48. The molecule has 4 amide bonds. The van der Waals surface area contributed by atoms with Gasteiger partial charge in [0.25, 0.3) is 0 Å². The molecule has 0 saturated carbocycles. The van der Waals surface area contributed by atoms with Crippen molar-refractivity contribution in [3.05, 3.63) is 0 Å². The summed E-state index contributed by atoms with van der Waals surface area (Å²) in [5.41, 5.74) is 16.5. The molecule has 0 radical (unpaired) electrons. The fraction of sp³-hybridized carbons (Fsp3) is 0.714. The number of primary amides is 1. The number of nitrogens with one attached hydrogen (secondary N) is 3. The monoisotopic (exact) mass is 534 g/mol. The average molecular weight is 535 g/mol. The number of unbranched alkanes of at least 4 members (excludes halogenated alkanes) is 1. The van der Waals surface area contributed by atoms with Crippen molar-refractivity contribution in [2.24, 2.45) is 17.2 Å². The number of carbonyl (C=O) groups excluding carboxylic acids is 4. The molecule has 0 spiro atoms. The molecule has 0 aliphatic heterocycles. The number of carbonyl (C=O) groups is 6. The summed E-state index contributed by atoms with van der Waals surface area (Å²) in [5, 5.41) is 25.3. The molecule has 0 aromatic rings. The summed E-state index contributed by atoms with van der Waals surface area (Å²) in [5.74, 6) is -5.18. The number of nitrogens with two attached hydrogens (primary N) is 3. The van der Waals surface area contributed by atoms with Gasteiger partial charge in [0.15, 0.2) is 0 Å². The quantitative estimate of drug-likeness (QED) is 0.0782. The summed E-state index contributed by atoms with van der Waals surface area (Å²) in [6.45, 7) is 0.459. The number of carboxylic acid groups (broad SMARTS) is 2. The molecule has 15 heteroatoms. The summed E-state index contributed by atoms with van der Waals surface area (Å²) in [7, 11) is 0. The van der Waals surface area contributed by atoms with Crippen LogP contribution in [0.4, 0.5) is 0 Å². The van der Waals surface area contributed by atoms with E-state index in [1.807, 2.05) is 6.26 Å². The van der Waals surface area contributed by atoms with Gasteiger partial charge in [0.2, 0.25) is 23.6 Å². The van der Waals surface area contributed by atoms with Crippen molar-refractivity contribution < 1.29 is 39.0 Å². The molecule has 36 heavy (non-hydrogen) atoms. The molecule has 14 nitrogen and oxygen atoms in total. The van der Waals surface area contributed by atoms with E-state index in [0.29, 0.717) is 31.6 Å². The largest absolute Gasteiger partial charge is 0.481 e. The van der Waals surface area contributed by atoms with Crippen LogP contribution in [0.5, 0.6) is 0 Å². The van der Waals surface area contributed by atoms with Crippen LogP contribution < -0.4 is 33.2 Å². The highest BCUT2D eigenvalue weighted by Crippen LogP contribution is 2.07. The topological polar surface area (TPSA) is 257 Å². The first-order valence-electron chi connectivity index (χ1n) is 11.5. The van der Waals surface area contributed by atoms with E-state index in [9.17, 15) is 33.9 Å². The first-order chi connectivity index (χ1) is 16.9. The molecule has 0 saturated heterocycles. The Bertz CT molecular complexity index is 769. The third-order valence-electron chi connectivity index (χ3n) is 5.12. The Morgan fingerprint density at radius 3 is 1.81 bits per heavy atom. The van der Waals surface area contributed by atoms with E-state index in [2.05, 4.69) is 16.0 Å². The Morgan fingerprint density at radius 1 is 0.778 bits per heavy atom. The van der Waals surface area contributed by atoms with E-state index in [1.165, 1.54) is 11.8 Å². The number of aliphatic carboxylic acids is 2. The number of rotatable bonds is 20. The van der Waals surface area contributed by atoms with Crippen molar-refractivity contribution >= 4 is 47.3 Å². The van der Waals surface area contributed by atoms with Gasteiger partial charge in [-0.25, -0.2) is 4.79 Å². The predicted molar refractivity (Wildman–Crippen MR) is 133 cm³/mol. The molecule has 206 valence electrons. The second-order valence-corrected chi connectivity index (χ2v) is 9.12. The molecule has 0 heterocycles. The zero-order valence-corrected chi connectivity index (χ0v) is 21.2. The molecule has 0 fully saturated rings. The zero-order valence-electron chi connectivity index (χ0n) is 20.4. The Hall–Kier alpha value is -2.91. The number of amides is 4. The third kappa shape index (κ3) is 14.5. The molecule has 4 unspecified atom stereocenters. The van der Waals surface area contributed by atoms with Crippen molar-refractivity contribution in [3.63, 3.8) is 0 Å². The van der Waals surface area contributed by atoms with Crippen LogP contribution in [-0.4, -0.2) is 88.5 Å². The summed E-state index contributed by atoms with van der Waals surface area (Å²) < 4.78 is 0. The lowest BCUT2D eigenvalue weighted by Crippen LogP contribution is -2.57. The summed E-state index contributed by atoms with van der Waals surface area (Å²) in [4.78, 5) is 71.7. The number of thioether (sulfide) groups is 1. The Kier molecular flexibility index (Phi) is 16.9. The van der Waals surface area contributed by atoms with Crippen LogP contribution >= 0.6 is 11.8 Å². The van der Waals surface area contributed by atoms with E-state index in [4.69, 9.17) is 22.3 Å². The normalized spacial score (nSPS) is 14.1. The predicted octanol–water partition coefficient (Wildman–Crippen LogP) is -2.13. The van der Waals surface area contributed by atoms with Gasteiger partial charge in [0, 0.05) is 12.8 Å². The van der Waals surface area contributed by atoms with Gasteiger partial charge in [-0.15, -0.1) is 0 Å². The summed E-state index contributed by atoms with van der Waals surface area (Å²) in [6, 6.07) is -4.79. The summed E-state index contributed by atoms with van der Waals surface area (Å²) >= 11 is 1.43. The van der Waals surface area contributed by atoms with E-state index < -0.39 is 66.2 Å². The average Bonchev–Trinajstić information content (AvgIpc) is 2.80. The first kappa shape index (κ1) is 33.1. The molecule has 0 aliphatic carbocycles. The maximum atomic E-state index is 13.0. The Labute approximate surface area is 213 Å². The zero-order chi connectivity index (χ0) is 27.7. The van der Waals surface area contributed by atoms with Gasteiger partial charge in [-0.3, -0.25) is 24.0 Å². The van der Waals surface area contributed by atoms with Gasteiger partial charge in [0.1, 0.15) is 18.1 Å². The van der Waals surface area contributed by atoms with Gasteiger partial charge in [-0.2, -0.15) is 11.8 Å². The second kappa shape index (κ2) is 18.4. The lowest BCUT2D eigenvalue weighted by molar-refractivity contribution is -0.143. The van der Waals surface area contributed by atoms with Crippen LogP contribution in [0.2, 0.25) is 0 Å². The molecule has 0 aliphatic rings. The lowest BCUT2D eigenvalue weighted by Gasteiger charge is -2.25. The van der Waals surface area contributed by atoms with Crippen LogP contribution in [0.1, 0.15) is 51.4 Å². The standard InChI is InChI=1S/C21H38N6O8S/c1-36-11-9-14(25-18(31)12(23)4-2-3-10-22)20(33)26-13(5-7-16(24)28)19(32)27-15(21(34)35)6-8-17(29)30/h12-15H,2-11,22-23H2,1H3,(H2,24,28)(H,25,31)(H,26,33)(H,27,32)(H,29,30)(H,34,35). The maximum absolute atomic E-state index is 13.0. The third-order valence-corrected chi connectivity index (χ3v) is 5.77. The molecule has 0 aromatic heterocycles. The van der Waals surface area contributed by atoms with Gasteiger partial charge in [-0.05, 0) is 50.7 Å². The Morgan fingerprint density at radius 2 is 1.31 bits per heavy atom. The highest BCUT2D eigenvalue weighted by atomic mass is 32.2. The van der Waals surface area contributed by atoms with Crippen LogP contribution in [0.25, 0.3) is 0 Å². The first-order valence-corrected chi connectivity index (χ1v) is 12.9. The highest BCUT2D eigenvalue weighted by Gasteiger charge is 2.30. The number of hydrogen-bond donors (Lipinski definition) is 8. The molecule has 4 atom stereocenters. The minimum absolute atomic E-state index is 0.217. The maximum Gasteiger partial charge on any atom is 0.326 e. The van der Waals surface area contributed by atoms with Gasteiger partial charge >= 0.3 is 11.9 Å². The lowest BCUT2D eigenvalue weighted by atomic mass is 10.1. The molecular weight excluding hydrogens is 496 g/mol. The van der Waals surface area contributed by atoms with Crippen molar-refractivity contribution in [2.45, 2.75) is 75.5 Å². The minimum atomic E-state index is -1.53.